The van der Waals surface area contributed by atoms with E-state index in [1.54, 1.807) is 14.2 Å². The lowest BCUT2D eigenvalue weighted by atomic mass is 10.3. The van der Waals surface area contributed by atoms with Crippen LogP contribution in [0.3, 0.4) is 0 Å². The number of carbonyl (C=O) groups is 1. The number of likely N-dealkylation sites (N-methyl/N-ethyl adjacent to an activating group) is 1. The van der Waals surface area contributed by atoms with Crippen LogP contribution in [0, 0.1) is 0 Å². The molecule has 0 aromatic carbocycles. The Bertz CT molecular complexity index is 223. The molecule has 1 aliphatic rings. The minimum absolute atomic E-state index is 0.175. The summed E-state index contributed by atoms with van der Waals surface area (Å²) in [7, 11) is 3.51. The maximum absolute atomic E-state index is 11.6. The molecule has 2 unspecified atom stereocenters. The number of likely N-dealkylation sites (tertiary alicyclic amines) is 1. The second kappa shape index (κ2) is 6.83. The van der Waals surface area contributed by atoms with Crippen molar-refractivity contribution in [3.63, 3.8) is 0 Å². The Morgan fingerprint density at radius 2 is 2.38 bits per heavy atom. The highest BCUT2D eigenvalue weighted by molar-refractivity contribution is 5.76. The van der Waals surface area contributed by atoms with E-state index in [2.05, 4.69) is 10.2 Å². The third kappa shape index (κ3) is 3.73. The Balaban J connectivity index is 2.36. The van der Waals surface area contributed by atoms with E-state index in [-0.39, 0.29) is 12.0 Å². The third-order valence-corrected chi connectivity index (χ3v) is 2.92. The minimum Gasteiger partial charge on any atom is -0.465 e. The number of carbonyl (C=O) groups excluding carboxylic acids is 1. The van der Waals surface area contributed by atoms with Crippen LogP contribution >= 0.6 is 0 Å². The summed E-state index contributed by atoms with van der Waals surface area (Å²) in [6.45, 7) is 4.82. The third-order valence-electron chi connectivity index (χ3n) is 2.92. The van der Waals surface area contributed by atoms with Gasteiger partial charge in [0.1, 0.15) is 6.04 Å². The summed E-state index contributed by atoms with van der Waals surface area (Å²) in [4.78, 5) is 13.8. The number of nitrogens with one attached hydrogen (secondary N) is 1. The molecule has 0 aromatic rings. The second-order valence-corrected chi connectivity index (χ2v) is 4.00. The van der Waals surface area contributed by atoms with Gasteiger partial charge >= 0.3 is 5.97 Å². The highest BCUT2D eigenvalue weighted by atomic mass is 16.5. The molecule has 1 rings (SSSR count). The highest BCUT2D eigenvalue weighted by Gasteiger charge is 2.27. The first-order chi connectivity index (χ1) is 7.71. The van der Waals surface area contributed by atoms with Crippen molar-refractivity contribution in [1.29, 1.82) is 0 Å². The number of hydrogen-bond acceptors (Lipinski definition) is 5. The molecule has 0 amide bonds. The lowest BCUT2D eigenvalue weighted by molar-refractivity contribution is -0.146. The molecule has 1 N–H and O–H groups in total. The van der Waals surface area contributed by atoms with E-state index in [0.29, 0.717) is 19.3 Å². The van der Waals surface area contributed by atoms with Crippen molar-refractivity contribution in [1.82, 2.24) is 10.2 Å². The van der Waals surface area contributed by atoms with Crippen molar-refractivity contribution in [3.8, 4) is 0 Å². The maximum Gasteiger partial charge on any atom is 0.324 e. The number of methoxy groups -OCH3 is 1. The molecule has 1 heterocycles. The largest absolute Gasteiger partial charge is 0.465 e. The van der Waals surface area contributed by atoms with Gasteiger partial charge in [-0.2, -0.15) is 0 Å². The van der Waals surface area contributed by atoms with Gasteiger partial charge in [0.05, 0.1) is 12.7 Å². The Labute approximate surface area is 97.1 Å². The predicted octanol–water partition coefficient (Wildman–Crippen LogP) is -0.142. The van der Waals surface area contributed by atoms with Gasteiger partial charge in [0.25, 0.3) is 0 Å². The van der Waals surface area contributed by atoms with Gasteiger partial charge in [0.15, 0.2) is 0 Å². The van der Waals surface area contributed by atoms with E-state index in [9.17, 15) is 4.79 Å². The number of rotatable bonds is 6. The summed E-state index contributed by atoms with van der Waals surface area (Å²) in [5, 5.41) is 2.99. The maximum atomic E-state index is 11.6. The zero-order valence-electron chi connectivity index (χ0n) is 10.4. The Kier molecular flexibility index (Phi) is 5.73. The fraction of sp³-hybridized carbons (Fsp3) is 0.909. The van der Waals surface area contributed by atoms with Gasteiger partial charge < -0.3 is 14.8 Å². The monoisotopic (exact) mass is 230 g/mol. The van der Waals surface area contributed by atoms with Crippen LogP contribution in [0.5, 0.6) is 0 Å². The first-order valence-corrected chi connectivity index (χ1v) is 5.80. The first kappa shape index (κ1) is 13.4. The van der Waals surface area contributed by atoms with Gasteiger partial charge in [-0.1, -0.05) is 0 Å². The zero-order valence-corrected chi connectivity index (χ0v) is 10.4. The fourth-order valence-corrected chi connectivity index (χ4v) is 1.94. The number of esters is 1. The smallest absolute Gasteiger partial charge is 0.324 e. The lowest BCUT2D eigenvalue weighted by Gasteiger charge is -2.21. The molecule has 0 aliphatic carbocycles. The molecule has 1 aliphatic heterocycles. The van der Waals surface area contributed by atoms with Gasteiger partial charge in [-0.3, -0.25) is 9.69 Å². The molecule has 94 valence electrons. The highest BCUT2D eigenvalue weighted by Crippen LogP contribution is 2.12. The first-order valence-electron chi connectivity index (χ1n) is 5.80. The SMILES string of the molecule is CCOC(=O)C(CN1CCC(OC)C1)NC. The summed E-state index contributed by atoms with van der Waals surface area (Å²) >= 11 is 0. The molecular weight excluding hydrogens is 208 g/mol. The topological polar surface area (TPSA) is 50.8 Å². The Morgan fingerprint density at radius 1 is 1.62 bits per heavy atom. The summed E-state index contributed by atoms with van der Waals surface area (Å²) in [6, 6.07) is -0.240. The molecule has 1 saturated heterocycles. The van der Waals surface area contributed by atoms with E-state index in [1.165, 1.54) is 0 Å². The van der Waals surface area contributed by atoms with Gasteiger partial charge in [0.2, 0.25) is 0 Å². The van der Waals surface area contributed by atoms with E-state index in [4.69, 9.17) is 9.47 Å². The van der Waals surface area contributed by atoms with Crippen LogP contribution in [-0.2, 0) is 14.3 Å². The molecule has 2 atom stereocenters. The molecule has 0 spiro atoms. The normalized spacial score (nSPS) is 23.3. The minimum atomic E-state index is -0.240. The van der Waals surface area contributed by atoms with Crippen molar-refractivity contribution in [2.24, 2.45) is 0 Å². The van der Waals surface area contributed by atoms with Crippen LogP contribution in [0.15, 0.2) is 0 Å². The van der Waals surface area contributed by atoms with Crippen molar-refractivity contribution >= 4 is 5.97 Å². The average Bonchev–Trinajstić information content (AvgIpc) is 2.73. The van der Waals surface area contributed by atoms with Crippen LogP contribution < -0.4 is 5.32 Å². The van der Waals surface area contributed by atoms with Crippen molar-refractivity contribution in [3.05, 3.63) is 0 Å². The molecule has 1 fully saturated rings. The van der Waals surface area contributed by atoms with E-state index in [1.807, 2.05) is 6.92 Å². The van der Waals surface area contributed by atoms with Gasteiger partial charge in [0, 0.05) is 26.7 Å². The van der Waals surface area contributed by atoms with Gasteiger partial charge in [-0.05, 0) is 20.4 Å². The molecule has 5 heteroatoms. The summed E-state index contributed by atoms with van der Waals surface area (Å²) < 4.78 is 10.3. The molecule has 5 nitrogen and oxygen atoms in total. The fourth-order valence-electron chi connectivity index (χ4n) is 1.94. The second-order valence-electron chi connectivity index (χ2n) is 4.00. The molecular formula is C11H22N2O3. The van der Waals surface area contributed by atoms with Crippen molar-refractivity contribution in [2.75, 3.05) is 40.4 Å². The predicted molar refractivity (Wildman–Crippen MR) is 61.3 cm³/mol. The summed E-state index contributed by atoms with van der Waals surface area (Å²) in [5.74, 6) is -0.175. The van der Waals surface area contributed by atoms with Gasteiger partial charge in [-0.25, -0.2) is 0 Å². The zero-order chi connectivity index (χ0) is 12.0. The standard InChI is InChI=1S/C11H22N2O3/c1-4-16-11(14)10(12-2)8-13-6-5-9(7-13)15-3/h9-10,12H,4-8H2,1-3H3. The quantitative estimate of drug-likeness (QED) is 0.644. The average molecular weight is 230 g/mol. The van der Waals surface area contributed by atoms with Crippen molar-refractivity contribution in [2.45, 2.75) is 25.5 Å². The number of nitrogens with zero attached hydrogens (tertiary/aromatic N) is 1. The molecule has 0 aromatic heterocycles. The summed E-state index contributed by atoms with van der Waals surface area (Å²) in [5.41, 5.74) is 0. The van der Waals surface area contributed by atoms with Crippen LogP contribution in [-0.4, -0.2) is 63.4 Å². The van der Waals surface area contributed by atoms with E-state index < -0.39 is 0 Å². The Hall–Kier alpha value is -0.650. The lowest BCUT2D eigenvalue weighted by Crippen LogP contribution is -2.45. The van der Waals surface area contributed by atoms with Crippen molar-refractivity contribution < 1.29 is 14.3 Å². The van der Waals surface area contributed by atoms with Gasteiger partial charge in [-0.15, -0.1) is 0 Å². The van der Waals surface area contributed by atoms with E-state index in [0.717, 1.165) is 19.5 Å². The molecule has 0 radical (unpaired) electrons. The van der Waals surface area contributed by atoms with Crippen LogP contribution in [0.1, 0.15) is 13.3 Å². The summed E-state index contributed by atoms with van der Waals surface area (Å²) in [6.07, 6.45) is 1.34. The number of ether oxygens (including phenoxy) is 2. The molecule has 0 bridgehead atoms. The Morgan fingerprint density at radius 3 is 2.88 bits per heavy atom. The van der Waals surface area contributed by atoms with Crippen LogP contribution in [0.25, 0.3) is 0 Å². The van der Waals surface area contributed by atoms with E-state index >= 15 is 0 Å². The van der Waals surface area contributed by atoms with Crippen LogP contribution in [0.4, 0.5) is 0 Å². The number of hydrogen-bond donors (Lipinski definition) is 1. The van der Waals surface area contributed by atoms with Crippen LogP contribution in [0.2, 0.25) is 0 Å². The molecule has 16 heavy (non-hydrogen) atoms. The molecule has 0 saturated carbocycles.